The lowest BCUT2D eigenvalue weighted by atomic mass is 9.90. The van der Waals surface area contributed by atoms with Crippen LogP contribution in [-0.2, 0) is 14.5 Å². The molecule has 4 fully saturated rings. The van der Waals surface area contributed by atoms with Crippen molar-refractivity contribution in [3.05, 3.63) is 42.0 Å². The third kappa shape index (κ3) is 3.39. The molecule has 2 bridgehead atoms. The number of ether oxygens (including phenoxy) is 1. The van der Waals surface area contributed by atoms with Crippen molar-refractivity contribution in [2.75, 3.05) is 6.61 Å². The summed E-state index contributed by atoms with van der Waals surface area (Å²) < 4.78 is 6.24. The summed E-state index contributed by atoms with van der Waals surface area (Å²) in [4.78, 5) is 11.7. The van der Waals surface area contributed by atoms with E-state index in [1.54, 1.807) is 0 Å². The van der Waals surface area contributed by atoms with Crippen LogP contribution in [0.15, 0.2) is 30.8 Å². The van der Waals surface area contributed by atoms with E-state index in [1.165, 1.54) is 63.4 Å². The Morgan fingerprint density at radius 2 is 1.74 bits per heavy atom. The summed E-state index contributed by atoms with van der Waals surface area (Å²) in [5, 5.41) is 0. The predicted molar refractivity (Wildman–Crippen MR) is 106 cm³/mol. The zero-order valence-electron chi connectivity index (χ0n) is 16.3. The molecule has 1 spiro atoms. The predicted octanol–water partition coefficient (Wildman–Crippen LogP) is 6.00. The van der Waals surface area contributed by atoms with Gasteiger partial charge in [-0.05, 0) is 60.6 Å². The largest absolute Gasteiger partial charge is 0.344 e. The average Bonchev–Trinajstić information content (AvgIpc) is 3.19. The van der Waals surface area contributed by atoms with Gasteiger partial charge in [0.1, 0.15) is 6.10 Å². The Morgan fingerprint density at radius 3 is 2.33 bits per heavy atom. The standard InChI is InChI=1S/C24H32O3/c1-17(19-9-11-21(12-10-19)20-6-4-2-3-5-7-20)23-16-25-24(27-26-23)15-18-8-13-22(24)14-18/h9-12,18,20,22-23H,1-8,13-16H2. The van der Waals surface area contributed by atoms with Gasteiger partial charge >= 0.3 is 0 Å². The van der Waals surface area contributed by atoms with Crippen molar-refractivity contribution in [1.29, 1.82) is 0 Å². The Bertz CT molecular complexity index is 663. The maximum atomic E-state index is 6.24. The third-order valence-electron chi connectivity index (χ3n) is 7.52. The summed E-state index contributed by atoms with van der Waals surface area (Å²) in [7, 11) is 0. The molecule has 3 aliphatic carbocycles. The fourth-order valence-corrected chi connectivity index (χ4v) is 5.84. The van der Waals surface area contributed by atoms with E-state index in [1.807, 2.05) is 0 Å². The van der Waals surface area contributed by atoms with E-state index in [0.29, 0.717) is 12.5 Å². The van der Waals surface area contributed by atoms with Crippen LogP contribution in [-0.4, -0.2) is 18.5 Å². The molecule has 1 aliphatic heterocycles. The van der Waals surface area contributed by atoms with E-state index in [4.69, 9.17) is 14.5 Å². The van der Waals surface area contributed by atoms with Crippen LogP contribution in [0.1, 0.15) is 81.3 Å². The van der Waals surface area contributed by atoms with Crippen LogP contribution in [0.4, 0.5) is 0 Å². The highest BCUT2D eigenvalue weighted by molar-refractivity contribution is 5.67. The van der Waals surface area contributed by atoms with Crippen LogP contribution in [0.25, 0.3) is 5.57 Å². The van der Waals surface area contributed by atoms with Gasteiger partial charge in [-0.15, -0.1) is 0 Å². The lowest BCUT2D eigenvalue weighted by Gasteiger charge is -2.41. The Balaban J connectivity index is 1.21. The lowest BCUT2D eigenvalue weighted by molar-refractivity contribution is -0.488. The highest BCUT2D eigenvalue weighted by atomic mass is 17.2. The topological polar surface area (TPSA) is 27.7 Å². The fourth-order valence-electron chi connectivity index (χ4n) is 5.84. The first kappa shape index (κ1) is 17.9. The van der Waals surface area contributed by atoms with Crippen LogP contribution in [0.5, 0.6) is 0 Å². The molecule has 3 nitrogen and oxygen atoms in total. The molecule has 146 valence electrons. The number of benzene rings is 1. The van der Waals surface area contributed by atoms with Gasteiger partial charge in [-0.25, -0.2) is 9.78 Å². The van der Waals surface area contributed by atoms with Gasteiger partial charge in [0, 0.05) is 12.3 Å². The third-order valence-corrected chi connectivity index (χ3v) is 7.52. The highest BCUT2D eigenvalue weighted by Crippen LogP contribution is 2.54. The van der Waals surface area contributed by atoms with Crippen molar-refractivity contribution in [2.45, 2.75) is 82.0 Å². The number of rotatable bonds is 3. The fraction of sp³-hybridized carbons (Fsp3) is 0.667. The van der Waals surface area contributed by atoms with Crippen LogP contribution in [0.2, 0.25) is 0 Å². The van der Waals surface area contributed by atoms with E-state index in [-0.39, 0.29) is 6.10 Å². The number of hydrogen-bond acceptors (Lipinski definition) is 3. The van der Waals surface area contributed by atoms with Crippen molar-refractivity contribution in [2.24, 2.45) is 11.8 Å². The summed E-state index contributed by atoms with van der Waals surface area (Å²) in [5.41, 5.74) is 3.57. The molecule has 5 rings (SSSR count). The second-order valence-electron chi connectivity index (χ2n) is 9.21. The van der Waals surface area contributed by atoms with E-state index in [0.717, 1.165) is 29.4 Å². The molecule has 0 N–H and O–H groups in total. The zero-order chi connectivity index (χ0) is 18.3. The molecular formula is C24H32O3. The molecular weight excluding hydrogens is 336 g/mol. The Morgan fingerprint density at radius 1 is 0.963 bits per heavy atom. The minimum Gasteiger partial charge on any atom is -0.344 e. The summed E-state index contributed by atoms with van der Waals surface area (Å²) in [6.07, 6.45) is 12.7. The smallest absolute Gasteiger partial charge is 0.204 e. The molecule has 0 radical (unpaired) electrons. The van der Waals surface area contributed by atoms with E-state index in [9.17, 15) is 0 Å². The number of fused-ring (bicyclic) bond motifs is 3. The molecule has 1 aromatic rings. The summed E-state index contributed by atoms with van der Waals surface area (Å²) in [6, 6.07) is 8.98. The Kier molecular flexibility index (Phi) is 4.87. The Labute approximate surface area is 163 Å². The van der Waals surface area contributed by atoms with Gasteiger partial charge < -0.3 is 4.74 Å². The normalized spacial score (nSPS) is 36.8. The molecule has 4 aliphatic rings. The second-order valence-corrected chi connectivity index (χ2v) is 9.21. The van der Waals surface area contributed by atoms with Gasteiger partial charge in [-0.1, -0.05) is 56.5 Å². The van der Waals surface area contributed by atoms with E-state index in [2.05, 4.69) is 30.8 Å². The van der Waals surface area contributed by atoms with Crippen molar-refractivity contribution in [3.8, 4) is 0 Å². The zero-order valence-corrected chi connectivity index (χ0v) is 16.3. The number of hydrogen-bond donors (Lipinski definition) is 0. The first-order valence-corrected chi connectivity index (χ1v) is 11.0. The minimum atomic E-state index is -0.469. The maximum absolute atomic E-state index is 6.24. The monoisotopic (exact) mass is 368 g/mol. The van der Waals surface area contributed by atoms with Crippen LogP contribution in [0, 0.1) is 11.8 Å². The van der Waals surface area contributed by atoms with Crippen LogP contribution in [0.3, 0.4) is 0 Å². The minimum absolute atomic E-state index is 0.210. The van der Waals surface area contributed by atoms with Gasteiger partial charge in [-0.3, -0.25) is 0 Å². The molecule has 4 unspecified atom stereocenters. The van der Waals surface area contributed by atoms with E-state index >= 15 is 0 Å². The SMILES string of the molecule is C=C(c1ccc(C2CCCCCC2)cc1)C1COC2(CC3CCC2C3)OO1. The van der Waals surface area contributed by atoms with Crippen molar-refractivity contribution in [1.82, 2.24) is 0 Å². The molecule has 27 heavy (non-hydrogen) atoms. The first-order chi connectivity index (χ1) is 13.2. The Hall–Kier alpha value is -1.16. The van der Waals surface area contributed by atoms with E-state index < -0.39 is 5.79 Å². The average molecular weight is 369 g/mol. The second kappa shape index (κ2) is 7.35. The summed E-state index contributed by atoms with van der Waals surface area (Å²) in [6.45, 7) is 4.83. The quantitative estimate of drug-likeness (QED) is 0.484. The van der Waals surface area contributed by atoms with Gasteiger partial charge in [0.25, 0.3) is 0 Å². The van der Waals surface area contributed by atoms with Gasteiger partial charge in [0.2, 0.25) is 5.79 Å². The molecule has 0 amide bonds. The lowest BCUT2D eigenvalue weighted by Crippen LogP contribution is -2.48. The first-order valence-electron chi connectivity index (χ1n) is 11.0. The molecule has 1 heterocycles. The molecule has 3 saturated carbocycles. The highest BCUT2D eigenvalue weighted by Gasteiger charge is 2.56. The van der Waals surface area contributed by atoms with Crippen molar-refractivity contribution in [3.63, 3.8) is 0 Å². The van der Waals surface area contributed by atoms with Gasteiger partial charge in [0.15, 0.2) is 0 Å². The van der Waals surface area contributed by atoms with Crippen LogP contribution >= 0.6 is 0 Å². The van der Waals surface area contributed by atoms with Gasteiger partial charge in [0.05, 0.1) is 6.61 Å². The summed E-state index contributed by atoms with van der Waals surface area (Å²) in [5.74, 6) is 1.53. The van der Waals surface area contributed by atoms with Crippen LogP contribution < -0.4 is 0 Å². The summed E-state index contributed by atoms with van der Waals surface area (Å²) >= 11 is 0. The molecule has 1 saturated heterocycles. The molecule has 0 aromatic heterocycles. The maximum Gasteiger partial charge on any atom is 0.204 e. The molecule has 4 atom stereocenters. The van der Waals surface area contributed by atoms with Crippen molar-refractivity contribution < 1.29 is 14.5 Å². The van der Waals surface area contributed by atoms with Crippen molar-refractivity contribution >= 4 is 5.57 Å². The van der Waals surface area contributed by atoms with Gasteiger partial charge in [-0.2, -0.15) is 0 Å². The molecule has 1 aromatic carbocycles. The molecule has 3 heteroatoms.